The fourth-order valence-electron chi connectivity index (χ4n) is 1.87. The minimum atomic E-state index is -0.588. The molecule has 3 heterocycles. The van der Waals surface area contributed by atoms with Gasteiger partial charge in [-0.3, -0.25) is 10.1 Å². The molecule has 102 valence electrons. The van der Waals surface area contributed by atoms with E-state index < -0.39 is 4.92 Å². The Balaban J connectivity index is 2.17. The number of aromatic nitrogens is 2. The van der Waals surface area contributed by atoms with Crippen LogP contribution in [-0.4, -0.2) is 21.9 Å². The third-order valence-electron chi connectivity index (χ3n) is 2.72. The van der Waals surface area contributed by atoms with E-state index in [9.17, 15) is 10.1 Å². The van der Waals surface area contributed by atoms with E-state index in [0.29, 0.717) is 11.6 Å². The largest absolute Gasteiger partial charge is 0.433 e. The number of nitro groups is 1. The molecular weight excluding hydrogens is 280 g/mol. The highest BCUT2D eigenvalue weighted by atomic mass is 32.1. The molecule has 0 amide bonds. The van der Waals surface area contributed by atoms with Crippen LogP contribution >= 0.6 is 11.3 Å². The molecule has 3 aromatic heterocycles. The number of hydrogen-bond acceptors (Lipinski definition) is 7. The van der Waals surface area contributed by atoms with Crippen molar-refractivity contribution in [1.82, 2.24) is 9.97 Å². The van der Waals surface area contributed by atoms with Gasteiger partial charge in [0.25, 0.3) is 0 Å². The Morgan fingerprint density at radius 2 is 2.20 bits per heavy atom. The number of rotatable bonds is 3. The first-order valence-corrected chi connectivity index (χ1v) is 6.60. The lowest BCUT2D eigenvalue weighted by atomic mass is 10.3. The maximum Gasteiger partial charge on any atom is 0.433 e. The molecule has 7 nitrogen and oxygen atoms in total. The second-order valence-electron chi connectivity index (χ2n) is 4.11. The molecule has 0 unspecified atom stereocenters. The number of nitrogens with zero attached hydrogens (tertiary/aromatic N) is 3. The number of furan rings is 1. The fourth-order valence-corrected chi connectivity index (χ4v) is 2.82. The summed E-state index contributed by atoms with van der Waals surface area (Å²) in [5, 5.41) is 13.7. The van der Waals surface area contributed by atoms with Crippen molar-refractivity contribution in [3.05, 3.63) is 33.2 Å². The van der Waals surface area contributed by atoms with Crippen LogP contribution < -0.4 is 5.32 Å². The summed E-state index contributed by atoms with van der Waals surface area (Å²) in [6, 6.07) is 4.74. The Labute approximate surface area is 117 Å². The van der Waals surface area contributed by atoms with E-state index >= 15 is 0 Å². The Morgan fingerprint density at radius 3 is 2.85 bits per heavy atom. The van der Waals surface area contributed by atoms with Gasteiger partial charge in [0.05, 0.1) is 16.3 Å². The number of thiophene rings is 1. The van der Waals surface area contributed by atoms with Gasteiger partial charge in [0.1, 0.15) is 10.7 Å². The molecule has 3 aromatic rings. The van der Waals surface area contributed by atoms with E-state index in [1.165, 1.54) is 12.1 Å². The summed E-state index contributed by atoms with van der Waals surface area (Å²) in [4.78, 5) is 19.9. The smallest absolute Gasteiger partial charge is 0.397 e. The molecule has 0 bridgehead atoms. The van der Waals surface area contributed by atoms with Crippen molar-refractivity contribution >= 4 is 33.3 Å². The molecule has 0 fully saturated rings. The molecule has 0 saturated heterocycles. The molecule has 0 aliphatic heterocycles. The molecule has 8 heteroatoms. The summed E-state index contributed by atoms with van der Waals surface area (Å²) in [5.74, 6) is 0.963. The lowest BCUT2D eigenvalue weighted by Crippen LogP contribution is -1.96. The lowest BCUT2D eigenvalue weighted by molar-refractivity contribution is -0.401. The van der Waals surface area contributed by atoms with Crippen molar-refractivity contribution in [2.75, 3.05) is 12.4 Å². The van der Waals surface area contributed by atoms with Crippen molar-refractivity contribution in [3.8, 4) is 11.6 Å². The highest BCUT2D eigenvalue weighted by molar-refractivity contribution is 7.19. The van der Waals surface area contributed by atoms with Crippen LogP contribution in [0.5, 0.6) is 0 Å². The van der Waals surface area contributed by atoms with Crippen LogP contribution in [0.2, 0.25) is 0 Å². The topological polar surface area (TPSA) is 94.1 Å². The van der Waals surface area contributed by atoms with Gasteiger partial charge < -0.3 is 9.73 Å². The molecule has 0 aromatic carbocycles. The number of hydrogen-bond donors (Lipinski definition) is 1. The van der Waals surface area contributed by atoms with Gasteiger partial charge in [-0.25, -0.2) is 9.97 Å². The molecule has 0 aliphatic rings. The Kier molecular flexibility index (Phi) is 2.87. The van der Waals surface area contributed by atoms with Crippen molar-refractivity contribution in [3.63, 3.8) is 0 Å². The quantitative estimate of drug-likeness (QED) is 0.588. The van der Waals surface area contributed by atoms with Crippen molar-refractivity contribution < 1.29 is 9.34 Å². The van der Waals surface area contributed by atoms with E-state index in [0.717, 1.165) is 15.1 Å². The minimum Gasteiger partial charge on any atom is -0.397 e. The van der Waals surface area contributed by atoms with E-state index in [1.54, 1.807) is 18.4 Å². The van der Waals surface area contributed by atoms with Crippen LogP contribution in [0.15, 0.2) is 22.6 Å². The highest BCUT2D eigenvalue weighted by Gasteiger charge is 2.17. The maximum absolute atomic E-state index is 10.6. The van der Waals surface area contributed by atoms with Crippen LogP contribution in [-0.2, 0) is 0 Å². The van der Waals surface area contributed by atoms with Crippen molar-refractivity contribution in [1.29, 1.82) is 0 Å². The summed E-state index contributed by atoms with van der Waals surface area (Å²) in [7, 11) is 1.77. The van der Waals surface area contributed by atoms with E-state index in [2.05, 4.69) is 15.3 Å². The van der Waals surface area contributed by atoms with Gasteiger partial charge in [-0.1, -0.05) is 0 Å². The number of aryl methyl sites for hydroxylation is 1. The van der Waals surface area contributed by atoms with Gasteiger partial charge in [0, 0.05) is 11.9 Å². The number of nitrogens with one attached hydrogen (secondary N) is 1. The first-order valence-electron chi connectivity index (χ1n) is 5.79. The zero-order valence-electron chi connectivity index (χ0n) is 10.7. The van der Waals surface area contributed by atoms with Gasteiger partial charge in [-0.05, 0) is 19.1 Å². The average Bonchev–Trinajstić information content (AvgIpc) is 3.02. The monoisotopic (exact) mass is 290 g/mol. The van der Waals surface area contributed by atoms with Crippen LogP contribution in [0.25, 0.3) is 21.8 Å². The molecular formula is C12H10N4O3S. The van der Waals surface area contributed by atoms with E-state index in [-0.39, 0.29) is 11.6 Å². The molecule has 0 aliphatic carbocycles. The van der Waals surface area contributed by atoms with Crippen LogP contribution in [0, 0.1) is 17.0 Å². The predicted molar refractivity (Wildman–Crippen MR) is 76.1 cm³/mol. The van der Waals surface area contributed by atoms with Crippen molar-refractivity contribution in [2.24, 2.45) is 0 Å². The zero-order valence-corrected chi connectivity index (χ0v) is 11.5. The lowest BCUT2D eigenvalue weighted by Gasteiger charge is -2.02. The standard InChI is InChI=1S/C12H10N4O3S/c1-6-5-7-10(20-6)12(13-2)15-11(14-7)8-3-4-9(19-8)16(17)18/h3-5H,1-2H3,(H,13,14,15). The fraction of sp³-hybridized carbons (Fsp3) is 0.167. The molecule has 1 N–H and O–H groups in total. The summed E-state index contributed by atoms with van der Waals surface area (Å²) in [5.41, 5.74) is 0.793. The summed E-state index contributed by atoms with van der Waals surface area (Å²) < 4.78 is 6.09. The molecule has 3 rings (SSSR count). The van der Waals surface area contributed by atoms with Gasteiger partial charge in [-0.15, -0.1) is 11.3 Å². The first kappa shape index (κ1) is 12.5. The van der Waals surface area contributed by atoms with Crippen LogP contribution in [0.3, 0.4) is 0 Å². The second kappa shape index (κ2) is 4.57. The average molecular weight is 290 g/mol. The minimum absolute atomic E-state index is 0.277. The molecule has 20 heavy (non-hydrogen) atoms. The molecule has 0 saturated carbocycles. The Hall–Kier alpha value is -2.48. The van der Waals surface area contributed by atoms with E-state index in [1.807, 2.05) is 13.0 Å². The first-order chi connectivity index (χ1) is 9.58. The van der Waals surface area contributed by atoms with Gasteiger partial charge in [-0.2, -0.15) is 0 Å². The van der Waals surface area contributed by atoms with Crippen LogP contribution in [0.4, 0.5) is 11.7 Å². The maximum atomic E-state index is 10.6. The molecule has 0 radical (unpaired) electrons. The Bertz CT molecular complexity index is 808. The zero-order chi connectivity index (χ0) is 14.3. The predicted octanol–water partition coefficient (Wildman–Crippen LogP) is 3.21. The normalized spacial score (nSPS) is 10.9. The summed E-state index contributed by atoms with van der Waals surface area (Å²) in [6.45, 7) is 1.99. The second-order valence-corrected chi connectivity index (χ2v) is 5.37. The summed E-state index contributed by atoms with van der Waals surface area (Å²) >= 11 is 1.59. The highest BCUT2D eigenvalue weighted by Crippen LogP contribution is 2.32. The number of anilines is 1. The summed E-state index contributed by atoms with van der Waals surface area (Å²) in [6.07, 6.45) is 0. The number of fused-ring (bicyclic) bond motifs is 1. The third kappa shape index (κ3) is 1.99. The van der Waals surface area contributed by atoms with Crippen LogP contribution in [0.1, 0.15) is 4.88 Å². The van der Waals surface area contributed by atoms with Gasteiger partial charge in [0.15, 0.2) is 11.6 Å². The van der Waals surface area contributed by atoms with Gasteiger partial charge >= 0.3 is 5.88 Å². The third-order valence-corrected chi connectivity index (χ3v) is 3.77. The van der Waals surface area contributed by atoms with Gasteiger partial charge in [0.2, 0.25) is 0 Å². The SMILES string of the molecule is CNc1nc(-c2ccc([N+](=O)[O-])o2)nc2cc(C)sc12. The Morgan fingerprint density at radius 1 is 1.40 bits per heavy atom. The molecule has 0 atom stereocenters. The van der Waals surface area contributed by atoms with Crippen molar-refractivity contribution in [2.45, 2.75) is 6.92 Å². The molecule has 0 spiro atoms. The van der Waals surface area contributed by atoms with E-state index in [4.69, 9.17) is 4.42 Å².